The number of rotatable bonds is 1. The number of primary amides is 1. The molecule has 0 spiro atoms. The molecule has 4 N–H and O–H groups in total. The molecule has 4 heteroatoms. The molecule has 4 saturated carbocycles. The van der Waals surface area contributed by atoms with Crippen molar-refractivity contribution in [3.63, 3.8) is 0 Å². The standard InChI is InChI=1S/C11H19N3O/c12-11(15)14(13)10-8-2-6-1-7(4-8)5-9(10)3-6/h6-10H,1-5,13H2,(H2,12,15). The van der Waals surface area contributed by atoms with Crippen molar-refractivity contribution in [2.45, 2.75) is 38.1 Å². The van der Waals surface area contributed by atoms with E-state index in [4.69, 9.17) is 11.6 Å². The average Bonchev–Trinajstić information content (AvgIpc) is 2.15. The number of urea groups is 1. The van der Waals surface area contributed by atoms with E-state index in [9.17, 15) is 4.79 Å². The predicted molar refractivity (Wildman–Crippen MR) is 56.4 cm³/mol. The summed E-state index contributed by atoms with van der Waals surface area (Å²) in [7, 11) is 0. The van der Waals surface area contributed by atoms with E-state index in [0.717, 1.165) is 11.8 Å². The number of carbonyl (C=O) groups excluding carboxylic acids is 1. The quantitative estimate of drug-likeness (QED) is 0.385. The maximum absolute atomic E-state index is 11.1. The Morgan fingerprint density at radius 1 is 1.00 bits per heavy atom. The van der Waals surface area contributed by atoms with Crippen LogP contribution >= 0.6 is 0 Å². The van der Waals surface area contributed by atoms with Crippen LogP contribution in [0.5, 0.6) is 0 Å². The molecule has 0 unspecified atom stereocenters. The van der Waals surface area contributed by atoms with Gasteiger partial charge in [-0.15, -0.1) is 0 Å². The number of nitrogens with two attached hydrogens (primary N) is 2. The highest BCUT2D eigenvalue weighted by Gasteiger charge is 2.50. The summed E-state index contributed by atoms with van der Waals surface area (Å²) in [6, 6.07) is -0.234. The van der Waals surface area contributed by atoms with Gasteiger partial charge in [0.2, 0.25) is 0 Å². The maximum atomic E-state index is 11.1. The van der Waals surface area contributed by atoms with Crippen molar-refractivity contribution in [3.8, 4) is 0 Å². The van der Waals surface area contributed by atoms with E-state index in [-0.39, 0.29) is 6.04 Å². The summed E-state index contributed by atoms with van der Waals surface area (Å²) < 4.78 is 0. The van der Waals surface area contributed by atoms with Gasteiger partial charge >= 0.3 is 6.03 Å². The van der Waals surface area contributed by atoms with Crippen LogP contribution in [-0.2, 0) is 0 Å². The summed E-state index contributed by atoms with van der Waals surface area (Å²) >= 11 is 0. The van der Waals surface area contributed by atoms with Gasteiger partial charge in [-0.1, -0.05) is 0 Å². The summed E-state index contributed by atoms with van der Waals surface area (Å²) in [4.78, 5) is 11.1. The van der Waals surface area contributed by atoms with Crippen LogP contribution < -0.4 is 11.6 Å². The molecule has 4 nitrogen and oxygen atoms in total. The molecule has 4 fully saturated rings. The first-order valence-corrected chi connectivity index (χ1v) is 5.98. The molecule has 4 aliphatic carbocycles. The fourth-order valence-corrected chi connectivity index (χ4v) is 4.50. The third-order valence-electron chi connectivity index (χ3n) is 4.75. The molecule has 4 rings (SSSR count). The number of hydrogen-bond donors (Lipinski definition) is 2. The van der Waals surface area contributed by atoms with E-state index < -0.39 is 6.03 Å². The second kappa shape index (κ2) is 3.11. The van der Waals surface area contributed by atoms with Crippen molar-refractivity contribution in [2.75, 3.05) is 0 Å². The lowest BCUT2D eigenvalue weighted by Gasteiger charge is -2.55. The lowest BCUT2D eigenvalue weighted by molar-refractivity contribution is -0.0506. The van der Waals surface area contributed by atoms with Crippen LogP contribution in [0.4, 0.5) is 4.79 Å². The lowest BCUT2D eigenvalue weighted by Crippen LogP contribution is -2.60. The fraction of sp³-hybridized carbons (Fsp3) is 0.909. The Bertz CT molecular complexity index is 264. The minimum absolute atomic E-state index is 0.232. The second-order valence-corrected chi connectivity index (χ2v) is 5.67. The van der Waals surface area contributed by atoms with Crippen LogP contribution in [0.2, 0.25) is 0 Å². The Balaban J connectivity index is 1.83. The zero-order valence-corrected chi connectivity index (χ0v) is 8.93. The summed E-state index contributed by atoms with van der Waals surface area (Å²) in [6.07, 6.45) is 6.47. The molecule has 0 aromatic heterocycles. The number of nitrogens with zero attached hydrogens (tertiary/aromatic N) is 1. The third-order valence-corrected chi connectivity index (χ3v) is 4.75. The van der Waals surface area contributed by atoms with Crippen LogP contribution in [0.1, 0.15) is 32.1 Å². The topological polar surface area (TPSA) is 72.4 Å². The Morgan fingerprint density at radius 3 is 1.87 bits per heavy atom. The molecule has 2 amide bonds. The van der Waals surface area contributed by atoms with Gasteiger partial charge in [-0.05, 0) is 55.8 Å². The van der Waals surface area contributed by atoms with E-state index in [2.05, 4.69) is 0 Å². The van der Waals surface area contributed by atoms with Crippen molar-refractivity contribution >= 4 is 6.03 Å². The average molecular weight is 209 g/mol. The highest BCUT2D eigenvalue weighted by molar-refractivity contribution is 5.71. The largest absolute Gasteiger partial charge is 0.350 e. The number of hydrazine groups is 1. The first kappa shape index (κ1) is 9.46. The normalized spacial score (nSPS) is 46.9. The van der Waals surface area contributed by atoms with E-state index in [1.165, 1.54) is 37.1 Å². The van der Waals surface area contributed by atoms with Gasteiger partial charge in [0.1, 0.15) is 0 Å². The van der Waals surface area contributed by atoms with Gasteiger partial charge in [-0.2, -0.15) is 0 Å². The van der Waals surface area contributed by atoms with Gasteiger partial charge < -0.3 is 5.73 Å². The van der Waals surface area contributed by atoms with Gasteiger partial charge in [-0.25, -0.2) is 10.6 Å². The van der Waals surface area contributed by atoms with Gasteiger partial charge in [0.25, 0.3) is 0 Å². The zero-order valence-electron chi connectivity index (χ0n) is 8.93. The van der Waals surface area contributed by atoms with E-state index >= 15 is 0 Å². The Morgan fingerprint density at radius 2 is 1.47 bits per heavy atom. The van der Waals surface area contributed by atoms with Crippen LogP contribution in [0.25, 0.3) is 0 Å². The van der Waals surface area contributed by atoms with Gasteiger partial charge in [0.05, 0.1) is 6.04 Å². The van der Waals surface area contributed by atoms with Gasteiger partial charge in [0, 0.05) is 0 Å². The van der Waals surface area contributed by atoms with Crippen LogP contribution in [-0.4, -0.2) is 17.1 Å². The third kappa shape index (κ3) is 1.34. The SMILES string of the molecule is NC(=O)N(N)C1C2CC3CC(C2)CC1C3. The van der Waals surface area contributed by atoms with Crippen molar-refractivity contribution in [3.05, 3.63) is 0 Å². The fourth-order valence-electron chi connectivity index (χ4n) is 4.50. The maximum Gasteiger partial charge on any atom is 0.329 e. The van der Waals surface area contributed by atoms with Crippen LogP contribution in [0.3, 0.4) is 0 Å². The van der Waals surface area contributed by atoms with E-state index in [0.29, 0.717) is 11.8 Å². The Hall–Kier alpha value is -0.770. The first-order chi connectivity index (χ1) is 7.15. The number of amides is 2. The first-order valence-electron chi connectivity index (χ1n) is 5.98. The zero-order chi connectivity index (χ0) is 10.6. The van der Waals surface area contributed by atoms with Crippen molar-refractivity contribution in [1.82, 2.24) is 5.01 Å². The van der Waals surface area contributed by atoms with Gasteiger partial charge in [0.15, 0.2) is 0 Å². The van der Waals surface area contributed by atoms with Crippen LogP contribution in [0, 0.1) is 23.7 Å². The minimum atomic E-state index is -0.465. The Labute approximate surface area is 89.9 Å². The molecular weight excluding hydrogens is 190 g/mol. The minimum Gasteiger partial charge on any atom is -0.350 e. The summed E-state index contributed by atoms with van der Waals surface area (Å²) in [6.45, 7) is 0. The molecule has 15 heavy (non-hydrogen) atoms. The summed E-state index contributed by atoms with van der Waals surface area (Å²) in [5.41, 5.74) is 5.28. The molecule has 0 radical (unpaired) electrons. The number of hydrogen-bond acceptors (Lipinski definition) is 2. The molecule has 0 atom stereocenters. The predicted octanol–water partition coefficient (Wildman–Crippen LogP) is 1.07. The lowest BCUT2D eigenvalue weighted by atomic mass is 9.54. The van der Waals surface area contributed by atoms with Crippen molar-refractivity contribution in [1.29, 1.82) is 0 Å². The molecule has 0 saturated heterocycles. The molecule has 84 valence electrons. The summed E-state index contributed by atoms with van der Waals surface area (Å²) in [5, 5.41) is 1.31. The molecule has 0 aromatic rings. The Kier molecular flexibility index (Phi) is 1.96. The number of carbonyl (C=O) groups is 1. The molecule has 0 aromatic carbocycles. The second-order valence-electron chi connectivity index (χ2n) is 5.67. The molecular formula is C11H19N3O. The highest BCUT2D eigenvalue weighted by atomic mass is 16.2. The monoisotopic (exact) mass is 209 g/mol. The van der Waals surface area contributed by atoms with Crippen molar-refractivity contribution < 1.29 is 4.79 Å². The highest BCUT2D eigenvalue weighted by Crippen LogP contribution is 2.54. The molecule has 4 aliphatic rings. The van der Waals surface area contributed by atoms with Gasteiger partial charge in [-0.3, -0.25) is 5.01 Å². The van der Waals surface area contributed by atoms with Crippen molar-refractivity contribution in [2.24, 2.45) is 35.2 Å². The molecule has 4 bridgehead atoms. The van der Waals surface area contributed by atoms with E-state index in [1.54, 1.807) is 0 Å². The smallest absolute Gasteiger partial charge is 0.329 e. The summed E-state index contributed by atoms with van der Waals surface area (Å²) in [5.74, 6) is 8.86. The molecule has 0 aliphatic heterocycles. The van der Waals surface area contributed by atoms with E-state index in [1.807, 2.05) is 0 Å². The van der Waals surface area contributed by atoms with Crippen LogP contribution in [0.15, 0.2) is 0 Å². The molecule has 0 heterocycles.